The number of aliphatic carboxylic acids is 1. The number of carboxylic acid groups (broad SMARTS) is 1. The van der Waals surface area contributed by atoms with E-state index in [1.54, 1.807) is 26.0 Å². The first-order chi connectivity index (χ1) is 9.45. The molecule has 0 fully saturated rings. The number of rotatable bonds is 5. The third-order valence-corrected chi connectivity index (χ3v) is 2.93. The summed E-state index contributed by atoms with van der Waals surface area (Å²) in [6, 6.07) is 4.69. The number of nitrogens with zero attached hydrogens (tertiary/aromatic N) is 2. The Hall–Kier alpha value is -2.24. The van der Waals surface area contributed by atoms with Crippen molar-refractivity contribution in [3.63, 3.8) is 0 Å². The van der Waals surface area contributed by atoms with E-state index in [2.05, 4.69) is 10.2 Å². The van der Waals surface area contributed by atoms with Gasteiger partial charge in [-0.1, -0.05) is 13.0 Å². The SMILES string of the molecule is Cc1ccc(-c2nnc(CC(C)CC(=O)O)o2)cc1F. The van der Waals surface area contributed by atoms with Crippen LogP contribution < -0.4 is 0 Å². The quantitative estimate of drug-likeness (QED) is 0.910. The van der Waals surface area contributed by atoms with Crippen LogP contribution in [0.1, 0.15) is 24.8 Å². The van der Waals surface area contributed by atoms with Crippen LogP contribution in [0.5, 0.6) is 0 Å². The molecule has 2 rings (SSSR count). The molecule has 0 saturated carbocycles. The zero-order valence-corrected chi connectivity index (χ0v) is 11.3. The number of benzene rings is 1. The molecule has 0 radical (unpaired) electrons. The lowest BCUT2D eigenvalue weighted by Gasteiger charge is -2.03. The predicted octanol–water partition coefficient (Wildman–Crippen LogP) is 2.84. The van der Waals surface area contributed by atoms with Crippen LogP contribution in [-0.2, 0) is 11.2 Å². The summed E-state index contributed by atoms with van der Waals surface area (Å²) in [5.41, 5.74) is 1.06. The maximum atomic E-state index is 13.5. The van der Waals surface area contributed by atoms with E-state index in [0.29, 0.717) is 23.4 Å². The summed E-state index contributed by atoms with van der Waals surface area (Å²) in [4.78, 5) is 10.6. The Kier molecular flexibility index (Phi) is 4.12. The fourth-order valence-electron chi connectivity index (χ4n) is 1.85. The minimum atomic E-state index is -0.863. The molecule has 0 aliphatic rings. The Labute approximate surface area is 115 Å². The van der Waals surface area contributed by atoms with E-state index in [4.69, 9.17) is 9.52 Å². The minimum Gasteiger partial charge on any atom is -0.481 e. The van der Waals surface area contributed by atoms with Crippen molar-refractivity contribution in [2.75, 3.05) is 0 Å². The third-order valence-electron chi connectivity index (χ3n) is 2.93. The lowest BCUT2D eigenvalue weighted by Crippen LogP contribution is -2.07. The topological polar surface area (TPSA) is 76.2 Å². The van der Waals surface area contributed by atoms with Gasteiger partial charge in [-0.3, -0.25) is 4.79 Å². The van der Waals surface area contributed by atoms with E-state index >= 15 is 0 Å². The van der Waals surface area contributed by atoms with Gasteiger partial charge < -0.3 is 9.52 Å². The van der Waals surface area contributed by atoms with E-state index in [9.17, 15) is 9.18 Å². The molecule has 2 aromatic rings. The van der Waals surface area contributed by atoms with Crippen molar-refractivity contribution in [3.05, 3.63) is 35.5 Å². The van der Waals surface area contributed by atoms with Crippen LogP contribution in [0, 0.1) is 18.7 Å². The summed E-state index contributed by atoms with van der Waals surface area (Å²) in [5.74, 6) is -0.703. The fourth-order valence-corrected chi connectivity index (χ4v) is 1.85. The van der Waals surface area contributed by atoms with E-state index in [1.807, 2.05) is 0 Å². The zero-order chi connectivity index (χ0) is 14.7. The molecule has 1 heterocycles. The van der Waals surface area contributed by atoms with E-state index in [1.165, 1.54) is 6.07 Å². The molecule has 1 N–H and O–H groups in total. The van der Waals surface area contributed by atoms with E-state index in [-0.39, 0.29) is 24.0 Å². The predicted molar refractivity (Wildman–Crippen MR) is 69.5 cm³/mol. The first-order valence-electron chi connectivity index (χ1n) is 6.26. The summed E-state index contributed by atoms with van der Waals surface area (Å²) in [6.07, 6.45) is 0.421. The highest BCUT2D eigenvalue weighted by atomic mass is 19.1. The Morgan fingerprint density at radius 1 is 1.45 bits per heavy atom. The summed E-state index contributed by atoms with van der Waals surface area (Å²) >= 11 is 0. The summed E-state index contributed by atoms with van der Waals surface area (Å²) in [6.45, 7) is 3.47. The number of aryl methyl sites for hydroxylation is 1. The van der Waals surface area contributed by atoms with Crippen LogP contribution in [0.25, 0.3) is 11.5 Å². The van der Waals surface area contributed by atoms with Crippen molar-refractivity contribution in [1.29, 1.82) is 0 Å². The number of aromatic nitrogens is 2. The van der Waals surface area contributed by atoms with Crippen LogP contribution in [-0.4, -0.2) is 21.3 Å². The molecule has 0 bridgehead atoms. The van der Waals surface area contributed by atoms with Gasteiger partial charge in [0.1, 0.15) is 5.82 Å². The summed E-state index contributed by atoms with van der Waals surface area (Å²) in [7, 11) is 0. The van der Waals surface area contributed by atoms with Crippen LogP contribution in [0.2, 0.25) is 0 Å². The van der Waals surface area contributed by atoms with Crippen molar-refractivity contribution in [2.45, 2.75) is 26.7 Å². The second-order valence-corrected chi connectivity index (χ2v) is 4.87. The van der Waals surface area contributed by atoms with Crippen molar-refractivity contribution >= 4 is 5.97 Å². The van der Waals surface area contributed by atoms with Gasteiger partial charge in [-0.2, -0.15) is 0 Å². The number of carbonyl (C=O) groups is 1. The lowest BCUT2D eigenvalue weighted by atomic mass is 10.0. The zero-order valence-electron chi connectivity index (χ0n) is 11.3. The first-order valence-corrected chi connectivity index (χ1v) is 6.26. The molecule has 1 aromatic heterocycles. The molecule has 1 aromatic carbocycles. The van der Waals surface area contributed by atoms with Crippen molar-refractivity contribution in [2.24, 2.45) is 5.92 Å². The standard InChI is InChI=1S/C14H15FN2O3/c1-8(6-13(18)19)5-12-16-17-14(20-12)10-4-3-9(2)11(15)7-10/h3-4,7-8H,5-6H2,1-2H3,(H,18,19). The normalized spacial score (nSPS) is 12.3. The molecule has 20 heavy (non-hydrogen) atoms. The Morgan fingerprint density at radius 2 is 2.20 bits per heavy atom. The molecule has 6 heteroatoms. The van der Waals surface area contributed by atoms with Crippen LogP contribution in [0.15, 0.2) is 22.6 Å². The van der Waals surface area contributed by atoms with Crippen molar-refractivity contribution < 1.29 is 18.7 Å². The number of carboxylic acids is 1. The molecule has 0 amide bonds. The average molecular weight is 278 g/mol. The Bertz CT molecular complexity index is 625. The molecule has 1 unspecified atom stereocenters. The maximum Gasteiger partial charge on any atom is 0.303 e. The molecule has 0 spiro atoms. The highest BCUT2D eigenvalue weighted by Crippen LogP contribution is 2.21. The van der Waals surface area contributed by atoms with Crippen LogP contribution in [0.4, 0.5) is 4.39 Å². The van der Waals surface area contributed by atoms with Gasteiger partial charge >= 0.3 is 5.97 Å². The average Bonchev–Trinajstić information content (AvgIpc) is 2.80. The van der Waals surface area contributed by atoms with E-state index in [0.717, 1.165) is 0 Å². The molecule has 0 saturated heterocycles. The molecule has 0 aliphatic carbocycles. The van der Waals surface area contributed by atoms with Gasteiger partial charge in [0.2, 0.25) is 11.8 Å². The number of hydrogen-bond acceptors (Lipinski definition) is 4. The molecule has 106 valence electrons. The maximum absolute atomic E-state index is 13.5. The van der Waals surface area contributed by atoms with Gasteiger partial charge in [0.15, 0.2) is 0 Å². The van der Waals surface area contributed by atoms with Gasteiger partial charge in [0.25, 0.3) is 0 Å². The summed E-state index contributed by atoms with van der Waals surface area (Å²) < 4.78 is 18.9. The largest absolute Gasteiger partial charge is 0.481 e. The van der Waals surface area contributed by atoms with Gasteiger partial charge in [-0.15, -0.1) is 10.2 Å². The number of halogens is 1. The van der Waals surface area contributed by atoms with Gasteiger partial charge in [-0.25, -0.2) is 4.39 Å². The second-order valence-electron chi connectivity index (χ2n) is 4.87. The van der Waals surface area contributed by atoms with E-state index < -0.39 is 5.97 Å². The molecule has 5 nitrogen and oxygen atoms in total. The Morgan fingerprint density at radius 3 is 2.85 bits per heavy atom. The second kappa shape index (κ2) is 5.81. The monoisotopic (exact) mass is 278 g/mol. The van der Waals surface area contributed by atoms with Gasteiger partial charge in [0, 0.05) is 18.4 Å². The highest BCUT2D eigenvalue weighted by molar-refractivity contribution is 5.66. The van der Waals surface area contributed by atoms with Gasteiger partial charge in [-0.05, 0) is 30.5 Å². The Balaban J connectivity index is 2.12. The van der Waals surface area contributed by atoms with Crippen molar-refractivity contribution in [3.8, 4) is 11.5 Å². The summed E-state index contributed by atoms with van der Waals surface area (Å²) in [5, 5.41) is 16.4. The lowest BCUT2D eigenvalue weighted by molar-refractivity contribution is -0.137. The smallest absolute Gasteiger partial charge is 0.303 e. The van der Waals surface area contributed by atoms with Crippen LogP contribution >= 0.6 is 0 Å². The molecular weight excluding hydrogens is 263 g/mol. The molecule has 0 aliphatic heterocycles. The highest BCUT2D eigenvalue weighted by Gasteiger charge is 2.14. The third kappa shape index (κ3) is 3.40. The van der Waals surface area contributed by atoms with Crippen LogP contribution in [0.3, 0.4) is 0 Å². The minimum absolute atomic E-state index is 0.0386. The van der Waals surface area contributed by atoms with Gasteiger partial charge in [0.05, 0.1) is 0 Å². The van der Waals surface area contributed by atoms with Crippen molar-refractivity contribution in [1.82, 2.24) is 10.2 Å². The number of hydrogen-bond donors (Lipinski definition) is 1. The molecule has 1 atom stereocenters. The molecular formula is C14H15FN2O3. The fraction of sp³-hybridized carbons (Fsp3) is 0.357. The first kappa shape index (κ1) is 14.2.